The fourth-order valence-corrected chi connectivity index (χ4v) is 10.1. The van der Waals surface area contributed by atoms with Gasteiger partial charge in [0.05, 0.1) is 5.70 Å². The standard InChI is InChI=1S/C63H45NO/c1-5-17-42(18-6-1)50-35-51(43-19-7-2-8-20-43)37-52(36-50)46-31-32-48-39-57(55-27-14-13-26-54(55)56(48)38-46)49-33-34-61-58(40-49)63-53(28-16-30-62(63)65-61)47-25-15-29-59(44-21-9-3-10-22-44)64-60(41-47)45-23-11-4-12-24-45/h1-14,16-28,30-38,40-41,57H,15,29,39H2/b47-25+,60-41-,64-59+. The van der Waals surface area contributed by atoms with Crippen molar-refractivity contribution in [2.75, 3.05) is 0 Å². The Bertz CT molecular complexity index is 3430. The molecular weight excluding hydrogens is 787 g/mol. The summed E-state index contributed by atoms with van der Waals surface area (Å²) in [6.45, 7) is 0. The normalized spacial score (nSPS) is 17.1. The highest BCUT2D eigenvalue weighted by Crippen LogP contribution is 2.46. The molecule has 0 radical (unpaired) electrons. The van der Waals surface area contributed by atoms with Gasteiger partial charge in [0.2, 0.25) is 0 Å². The molecule has 1 unspecified atom stereocenters. The molecule has 65 heavy (non-hydrogen) atoms. The molecule has 1 aliphatic carbocycles. The first-order chi connectivity index (χ1) is 32.2. The molecule has 2 aliphatic rings. The van der Waals surface area contributed by atoms with Crippen LogP contribution in [0.1, 0.15) is 52.1 Å². The maximum Gasteiger partial charge on any atom is 0.136 e. The Morgan fingerprint density at radius 1 is 0.431 bits per heavy atom. The fraction of sp³-hybridized carbons (Fsp3) is 0.0635. The largest absolute Gasteiger partial charge is 0.456 e. The van der Waals surface area contributed by atoms with Crippen molar-refractivity contribution in [2.45, 2.75) is 25.2 Å². The van der Waals surface area contributed by atoms with E-state index in [1.807, 2.05) is 0 Å². The van der Waals surface area contributed by atoms with Crippen LogP contribution in [0.4, 0.5) is 0 Å². The average molecular weight is 832 g/mol. The van der Waals surface area contributed by atoms with Crippen molar-refractivity contribution in [3.05, 3.63) is 264 Å². The van der Waals surface area contributed by atoms with E-state index in [1.54, 1.807) is 0 Å². The van der Waals surface area contributed by atoms with Crippen LogP contribution in [0.5, 0.6) is 0 Å². The first-order valence-corrected chi connectivity index (χ1v) is 22.7. The molecule has 1 atom stereocenters. The smallest absolute Gasteiger partial charge is 0.136 e. The number of benzene rings is 9. The molecule has 0 amide bonds. The minimum Gasteiger partial charge on any atom is -0.456 e. The highest BCUT2D eigenvalue weighted by atomic mass is 16.3. The second-order valence-electron chi connectivity index (χ2n) is 17.3. The summed E-state index contributed by atoms with van der Waals surface area (Å²) >= 11 is 0. The zero-order valence-electron chi connectivity index (χ0n) is 36.0. The molecule has 1 aromatic heterocycles. The Morgan fingerprint density at radius 3 is 1.75 bits per heavy atom. The highest BCUT2D eigenvalue weighted by molar-refractivity contribution is 6.12. The number of furan rings is 1. The molecule has 10 aromatic rings. The van der Waals surface area contributed by atoms with Crippen LogP contribution in [0.3, 0.4) is 0 Å². The lowest BCUT2D eigenvalue weighted by molar-refractivity contribution is 0.668. The van der Waals surface area contributed by atoms with Gasteiger partial charge in [0, 0.05) is 28.0 Å². The third kappa shape index (κ3) is 7.33. The molecule has 12 rings (SSSR count). The number of allylic oxidation sites excluding steroid dienone is 3. The Hall–Kier alpha value is -8.07. The first-order valence-electron chi connectivity index (χ1n) is 22.7. The second-order valence-corrected chi connectivity index (χ2v) is 17.3. The van der Waals surface area contributed by atoms with Crippen molar-refractivity contribution in [1.29, 1.82) is 0 Å². The molecule has 2 nitrogen and oxygen atoms in total. The minimum absolute atomic E-state index is 0.188. The minimum atomic E-state index is 0.188. The quantitative estimate of drug-likeness (QED) is 0.157. The summed E-state index contributed by atoms with van der Waals surface area (Å²) < 4.78 is 6.65. The van der Waals surface area contributed by atoms with Crippen molar-refractivity contribution >= 4 is 38.9 Å². The maximum absolute atomic E-state index is 6.65. The van der Waals surface area contributed by atoms with Crippen LogP contribution in [0.15, 0.2) is 240 Å². The van der Waals surface area contributed by atoms with Crippen LogP contribution in [-0.2, 0) is 6.42 Å². The van der Waals surface area contributed by atoms with Gasteiger partial charge in [-0.15, -0.1) is 0 Å². The van der Waals surface area contributed by atoms with Crippen LogP contribution in [-0.4, -0.2) is 5.71 Å². The van der Waals surface area contributed by atoms with Gasteiger partial charge in [-0.05, 0) is 146 Å². The number of hydrogen-bond acceptors (Lipinski definition) is 2. The van der Waals surface area contributed by atoms with E-state index in [1.165, 1.54) is 72.3 Å². The molecule has 9 aromatic carbocycles. The Kier molecular flexibility index (Phi) is 9.84. The van der Waals surface area contributed by atoms with Crippen LogP contribution >= 0.6 is 0 Å². The third-order valence-electron chi connectivity index (χ3n) is 13.3. The monoisotopic (exact) mass is 831 g/mol. The maximum atomic E-state index is 6.65. The molecule has 0 spiro atoms. The van der Waals surface area contributed by atoms with E-state index in [2.05, 4.69) is 231 Å². The predicted octanol–water partition coefficient (Wildman–Crippen LogP) is 16.6. The van der Waals surface area contributed by atoms with Gasteiger partial charge in [0.25, 0.3) is 0 Å². The molecule has 0 saturated carbocycles. The van der Waals surface area contributed by atoms with E-state index < -0.39 is 0 Å². The molecule has 2 heterocycles. The van der Waals surface area contributed by atoms with Gasteiger partial charge >= 0.3 is 0 Å². The zero-order valence-corrected chi connectivity index (χ0v) is 36.0. The van der Waals surface area contributed by atoms with Gasteiger partial charge in [0.1, 0.15) is 11.2 Å². The lowest BCUT2D eigenvalue weighted by Crippen LogP contribution is -2.12. The lowest BCUT2D eigenvalue weighted by atomic mass is 9.75. The van der Waals surface area contributed by atoms with Crippen LogP contribution in [0, 0.1) is 0 Å². The summed E-state index contributed by atoms with van der Waals surface area (Å²) in [6, 6.07) is 79.1. The summed E-state index contributed by atoms with van der Waals surface area (Å²) in [5, 5.41) is 2.29. The van der Waals surface area contributed by atoms with E-state index in [4.69, 9.17) is 9.41 Å². The second kappa shape index (κ2) is 16.6. The van der Waals surface area contributed by atoms with Crippen molar-refractivity contribution in [2.24, 2.45) is 4.99 Å². The van der Waals surface area contributed by atoms with E-state index in [0.29, 0.717) is 0 Å². The van der Waals surface area contributed by atoms with Crippen molar-refractivity contribution in [3.8, 4) is 44.5 Å². The van der Waals surface area contributed by atoms with Crippen LogP contribution < -0.4 is 0 Å². The average Bonchev–Trinajstić information content (AvgIpc) is 3.75. The molecule has 0 bridgehead atoms. The summed E-state index contributed by atoms with van der Waals surface area (Å²) in [5.41, 5.74) is 22.4. The van der Waals surface area contributed by atoms with Crippen LogP contribution in [0.2, 0.25) is 0 Å². The van der Waals surface area contributed by atoms with Crippen LogP contribution in [0.25, 0.3) is 77.7 Å². The summed E-state index contributed by atoms with van der Waals surface area (Å²) in [5.74, 6) is 0.188. The summed E-state index contributed by atoms with van der Waals surface area (Å²) in [4.78, 5) is 5.37. The lowest BCUT2D eigenvalue weighted by Gasteiger charge is -2.29. The highest BCUT2D eigenvalue weighted by Gasteiger charge is 2.27. The fourth-order valence-electron chi connectivity index (χ4n) is 10.1. The first kappa shape index (κ1) is 38.6. The Morgan fingerprint density at radius 2 is 1.05 bits per heavy atom. The molecular formula is C63H45NO. The SMILES string of the molecule is C1=C(c2ccccc2)\N=C(\c2ccccc2)CC\C=C/1c1cccc2oc3ccc(C4Cc5ccc(-c6cc(-c7ccccc7)cc(-c7ccccc7)c6)cc5-c5ccccc54)cc3c12. The van der Waals surface area contributed by atoms with Gasteiger partial charge in [-0.1, -0.05) is 182 Å². The van der Waals surface area contributed by atoms with E-state index >= 15 is 0 Å². The Balaban J connectivity index is 0.939. The van der Waals surface area contributed by atoms with Gasteiger partial charge in [-0.2, -0.15) is 0 Å². The van der Waals surface area contributed by atoms with Crippen molar-refractivity contribution in [1.82, 2.24) is 0 Å². The number of nitrogens with zero attached hydrogens (tertiary/aromatic N) is 1. The van der Waals surface area contributed by atoms with Crippen molar-refractivity contribution < 1.29 is 4.42 Å². The molecule has 0 saturated heterocycles. The van der Waals surface area contributed by atoms with E-state index in [-0.39, 0.29) is 5.92 Å². The molecule has 2 heteroatoms. The third-order valence-corrected chi connectivity index (χ3v) is 13.3. The van der Waals surface area contributed by atoms with Gasteiger partial charge in [0.15, 0.2) is 0 Å². The number of hydrogen-bond donors (Lipinski definition) is 0. The van der Waals surface area contributed by atoms with E-state index in [0.717, 1.165) is 63.7 Å². The number of rotatable bonds is 7. The zero-order chi connectivity index (χ0) is 43.1. The van der Waals surface area contributed by atoms with Gasteiger partial charge < -0.3 is 4.42 Å². The van der Waals surface area contributed by atoms with Crippen molar-refractivity contribution in [3.63, 3.8) is 0 Å². The number of aliphatic imine (C=N–C) groups is 1. The van der Waals surface area contributed by atoms with Gasteiger partial charge in [-0.3, -0.25) is 4.99 Å². The summed E-state index contributed by atoms with van der Waals surface area (Å²) in [6.07, 6.45) is 7.31. The number of fused-ring (bicyclic) bond motifs is 6. The van der Waals surface area contributed by atoms with E-state index in [9.17, 15) is 0 Å². The topological polar surface area (TPSA) is 25.5 Å². The molecule has 308 valence electrons. The predicted molar refractivity (Wildman–Crippen MR) is 272 cm³/mol. The molecule has 0 N–H and O–H groups in total. The Labute approximate surface area is 380 Å². The molecule has 0 fully saturated rings. The summed E-state index contributed by atoms with van der Waals surface area (Å²) in [7, 11) is 0. The molecule has 1 aliphatic heterocycles. The van der Waals surface area contributed by atoms with Gasteiger partial charge in [-0.25, -0.2) is 0 Å².